The van der Waals surface area contributed by atoms with Crippen molar-refractivity contribution in [2.24, 2.45) is 0 Å². The van der Waals surface area contributed by atoms with E-state index in [0.717, 1.165) is 12.1 Å². The van der Waals surface area contributed by atoms with Crippen LogP contribution in [0.15, 0.2) is 57.0 Å². The van der Waals surface area contributed by atoms with E-state index < -0.39 is 21.3 Å². The molecule has 23 heavy (non-hydrogen) atoms. The zero-order valence-corrected chi connectivity index (χ0v) is 13.8. The Balaban J connectivity index is 2.16. The molecule has 9 heteroatoms. The molecule has 0 radical (unpaired) electrons. The van der Waals surface area contributed by atoms with Crippen LogP contribution in [-0.2, 0) is 10.0 Å². The summed E-state index contributed by atoms with van der Waals surface area (Å²) in [6.45, 7) is 0. The first-order valence-corrected chi connectivity index (χ1v) is 8.60. The molecule has 2 heterocycles. The van der Waals surface area contributed by atoms with Crippen molar-refractivity contribution in [2.45, 2.75) is 4.90 Å². The van der Waals surface area contributed by atoms with Crippen LogP contribution >= 0.6 is 15.9 Å². The Kier molecular flexibility index (Phi) is 3.90. The van der Waals surface area contributed by atoms with Crippen molar-refractivity contribution in [2.75, 3.05) is 4.72 Å². The predicted molar refractivity (Wildman–Crippen MR) is 87.3 cm³/mol. The number of anilines is 1. The molecule has 0 bridgehead atoms. The Hall–Kier alpha value is -2.26. The van der Waals surface area contributed by atoms with Gasteiger partial charge < -0.3 is 4.98 Å². The number of hydrogen-bond donors (Lipinski definition) is 2. The van der Waals surface area contributed by atoms with E-state index in [9.17, 15) is 17.6 Å². The molecule has 0 saturated carbocycles. The highest BCUT2D eigenvalue weighted by Gasteiger charge is 2.21. The predicted octanol–water partition coefficient (Wildman–Crippen LogP) is 2.63. The number of benzene rings is 1. The average molecular weight is 398 g/mol. The van der Waals surface area contributed by atoms with E-state index in [0.29, 0.717) is 0 Å². The van der Waals surface area contributed by atoms with Gasteiger partial charge in [-0.25, -0.2) is 12.8 Å². The summed E-state index contributed by atoms with van der Waals surface area (Å²) >= 11 is 3.02. The Morgan fingerprint density at radius 2 is 2.00 bits per heavy atom. The lowest BCUT2D eigenvalue weighted by Gasteiger charge is -2.10. The third-order valence-electron chi connectivity index (χ3n) is 3.11. The molecule has 0 unspecified atom stereocenters. The SMILES string of the molecule is O=c1c(Br)c[nH]cc1NS(=O)(=O)c1ccc(F)c2ncccc12. The second-order valence-corrected chi connectivity index (χ2v) is 7.10. The summed E-state index contributed by atoms with van der Waals surface area (Å²) in [5, 5.41) is 0.131. The van der Waals surface area contributed by atoms with Crippen LogP contribution in [-0.4, -0.2) is 18.4 Å². The van der Waals surface area contributed by atoms with Crippen molar-refractivity contribution in [1.82, 2.24) is 9.97 Å². The van der Waals surface area contributed by atoms with Gasteiger partial charge in [-0.1, -0.05) is 0 Å². The molecule has 3 rings (SSSR count). The summed E-state index contributed by atoms with van der Waals surface area (Å²) < 4.78 is 41.3. The molecular weight excluding hydrogens is 389 g/mol. The van der Waals surface area contributed by atoms with Gasteiger partial charge in [0.05, 0.1) is 9.37 Å². The molecule has 1 aromatic carbocycles. The van der Waals surface area contributed by atoms with E-state index in [1.807, 2.05) is 0 Å². The van der Waals surface area contributed by atoms with E-state index in [-0.39, 0.29) is 26.0 Å². The second-order valence-electron chi connectivity index (χ2n) is 4.60. The van der Waals surface area contributed by atoms with E-state index in [1.165, 1.54) is 30.7 Å². The van der Waals surface area contributed by atoms with Crippen LogP contribution in [0.5, 0.6) is 0 Å². The van der Waals surface area contributed by atoms with E-state index >= 15 is 0 Å². The van der Waals surface area contributed by atoms with Gasteiger partial charge in [-0.05, 0) is 40.2 Å². The molecule has 0 fully saturated rings. The van der Waals surface area contributed by atoms with Gasteiger partial charge in [-0.3, -0.25) is 14.5 Å². The molecule has 6 nitrogen and oxygen atoms in total. The summed E-state index contributed by atoms with van der Waals surface area (Å²) in [6, 6.07) is 5.11. The van der Waals surface area contributed by atoms with Crippen molar-refractivity contribution in [3.05, 3.63) is 63.4 Å². The molecule has 0 aliphatic rings. The minimum absolute atomic E-state index is 0.0569. The Morgan fingerprint density at radius 3 is 2.78 bits per heavy atom. The van der Waals surface area contributed by atoms with Gasteiger partial charge in [0.1, 0.15) is 17.0 Å². The molecule has 0 saturated heterocycles. The molecule has 0 aliphatic carbocycles. The van der Waals surface area contributed by atoms with Gasteiger partial charge >= 0.3 is 0 Å². The van der Waals surface area contributed by atoms with E-state index in [2.05, 4.69) is 30.6 Å². The largest absolute Gasteiger partial charge is 0.365 e. The number of rotatable bonds is 3. The molecule has 118 valence electrons. The monoisotopic (exact) mass is 397 g/mol. The highest BCUT2D eigenvalue weighted by atomic mass is 79.9. The normalized spacial score (nSPS) is 11.6. The molecule has 2 aromatic heterocycles. The summed E-state index contributed by atoms with van der Waals surface area (Å²) in [7, 11) is -4.09. The maximum atomic E-state index is 13.8. The topological polar surface area (TPSA) is 91.9 Å². The minimum Gasteiger partial charge on any atom is -0.365 e. The second kappa shape index (κ2) is 5.74. The first-order chi connectivity index (χ1) is 10.9. The highest BCUT2D eigenvalue weighted by Crippen LogP contribution is 2.25. The fourth-order valence-electron chi connectivity index (χ4n) is 2.08. The number of pyridine rings is 2. The lowest BCUT2D eigenvalue weighted by molar-refractivity contribution is 0.601. The van der Waals surface area contributed by atoms with Crippen LogP contribution < -0.4 is 10.2 Å². The van der Waals surface area contributed by atoms with Crippen LogP contribution in [0.3, 0.4) is 0 Å². The van der Waals surface area contributed by atoms with Crippen LogP contribution in [0.2, 0.25) is 0 Å². The maximum Gasteiger partial charge on any atom is 0.262 e. The number of sulfonamides is 1. The quantitative estimate of drug-likeness (QED) is 0.710. The lowest BCUT2D eigenvalue weighted by atomic mass is 10.2. The van der Waals surface area contributed by atoms with Gasteiger partial charge in [-0.2, -0.15) is 0 Å². The number of nitrogens with zero attached hydrogens (tertiary/aromatic N) is 1. The number of aromatic amines is 1. The van der Waals surface area contributed by atoms with Crippen LogP contribution in [0.4, 0.5) is 10.1 Å². The summed E-state index contributed by atoms with van der Waals surface area (Å²) in [5.74, 6) is -0.625. The van der Waals surface area contributed by atoms with Gasteiger partial charge in [0.25, 0.3) is 10.0 Å². The molecule has 0 spiro atoms. The molecule has 0 aliphatic heterocycles. The van der Waals surface area contributed by atoms with Gasteiger partial charge in [0.2, 0.25) is 5.43 Å². The average Bonchev–Trinajstić information content (AvgIpc) is 2.52. The molecule has 0 amide bonds. The fourth-order valence-corrected chi connectivity index (χ4v) is 3.68. The van der Waals surface area contributed by atoms with E-state index in [4.69, 9.17) is 0 Å². The van der Waals surface area contributed by atoms with Gasteiger partial charge in [0, 0.05) is 24.0 Å². The molecule has 0 atom stereocenters. The van der Waals surface area contributed by atoms with Gasteiger partial charge in [0.15, 0.2) is 0 Å². The Bertz CT molecular complexity index is 1070. The van der Waals surface area contributed by atoms with Crippen molar-refractivity contribution in [3.63, 3.8) is 0 Å². The number of hydrogen-bond acceptors (Lipinski definition) is 4. The fraction of sp³-hybridized carbons (Fsp3) is 0. The summed E-state index contributed by atoms with van der Waals surface area (Å²) in [4.78, 5) is 18.3. The lowest BCUT2D eigenvalue weighted by Crippen LogP contribution is -2.19. The highest BCUT2D eigenvalue weighted by molar-refractivity contribution is 9.10. The maximum absolute atomic E-state index is 13.8. The number of nitrogens with one attached hydrogen (secondary N) is 2. The number of halogens is 2. The number of fused-ring (bicyclic) bond motifs is 1. The molecular formula is C14H9BrFN3O3S. The first kappa shape index (κ1) is 15.6. The van der Waals surface area contributed by atoms with Crippen molar-refractivity contribution in [1.29, 1.82) is 0 Å². The molecule has 3 aromatic rings. The third kappa shape index (κ3) is 2.84. The van der Waals surface area contributed by atoms with Crippen LogP contribution in [0.25, 0.3) is 10.9 Å². The number of H-pyrrole nitrogens is 1. The Morgan fingerprint density at radius 1 is 1.22 bits per heavy atom. The summed E-state index contributed by atoms with van der Waals surface area (Å²) in [5.41, 5.74) is -0.726. The minimum atomic E-state index is -4.09. The Labute approximate surface area is 138 Å². The zero-order chi connectivity index (χ0) is 16.6. The first-order valence-electron chi connectivity index (χ1n) is 6.33. The third-order valence-corrected chi connectivity index (χ3v) is 5.13. The smallest absolute Gasteiger partial charge is 0.262 e. The number of aromatic nitrogens is 2. The van der Waals surface area contributed by atoms with E-state index in [1.54, 1.807) is 0 Å². The van der Waals surface area contributed by atoms with Crippen LogP contribution in [0, 0.1) is 5.82 Å². The van der Waals surface area contributed by atoms with Gasteiger partial charge in [-0.15, -0.1) is 0 Å². The van der Waals surface area contributed by atoms with Crippen molar-refractivity contribution in [3.8, 4) is 0 Å². The molecule has 2 N–H and O–H groups in total. The standard InChI is InChI=1S/C14H9BrFN3O3S/c15-9-6-17-7-11(14(9)20)19-23(21,22)12-4-3-10(16)13-8(12)2-1-5-18-13/h1-7,19H,(H,17,20). The van der Waals surface area contributed by atoms with Crippen LogP contribution in [0.1, 0.15) is 0 Å². The zero-order valence-electron chi connectivity index (χ0n) is 11.4. The van der Waals surface area contributed by atoms with Crippen molar-refractivity contribution >= 4 is 42.5 Å². The summed E-state index contributed by atoms with van der Waals surface area (Å²) in [6.07, 6.45) is 3.99. The van der Waals surface area contributed by atoms with Crippen molar-refractivity contribution < 1.29 is 12.8 Å².